The molecular weight excluding hydrogens is 317 g/mol. The highest BCUT2D eigenvalue weighted by molar-refractivity contribution is 7.89. The molecule has 0 atom stereocenters. The molecule has 0 unspecified atom stereocenters. The quantitative estimate of drug-likeness (QED) is 0.798. The van der Waals surface area contributed by atoms with Gasteiger partial charge in [0, 0.05) is 18.0 Å². The van der Waals surface area contributed by atoms with Crippen LogP contribution in [0.1, 0.15) is 25.0 Å². The van der Waals surface area contributed by atoms with E-state index in [1.54, 1.807) is 13.8 Å². The van der Waals surface area contributed by atoms with E-state index in [0.29, 0.717) is 18.8 Å². The zero-order valence-electron chi connectivity index (χ0n) is 12.3. The molecule has 0 saturated carbocycles. The molecule has 1 aromatic rings. The summed E-state index contributed by atoms with van der Waals surface area (Å²) in [6, 6.07) is 2.72. The van der Waals surface area contributed by atoms with E-state index in [1.165, 1.54) is 23.4 Å². The number of nitrogens with zero attached hydrogens (tertiary/aromatic N) is 1. The minimum Gasteiger partial charge on any atom is -0.378 e. The molecule has 0 aliphatic carbocycles. The van der Waals surface area contributed by atoms with Crippen LogP contribution in [0.4, 0.5) is 4.39 Å². The van der Waals surface area contributed by atoms with Crippen molar-refractivity contribution < 1.29 is 17.5 Å². The SMILES string of the molecule is Cc1c(F)cc(CCl)cc1S(=O)(=O)N1CCOCC1(C)C. The summed E-state index contributed by atoms with van der Waals surface area (Å²) in [6.45, 7) is 5.94. The van der Waals surface area contributed by atoms with Gasteiger partial charge in [0.25, 0.3) is 0 Å². The van der Waals surface area contributed by atoms with Gasteiger partial charge in [0.05, 0.1) is 23.6 Å². The molecule has 2 rings (SSSR count). The zero-order chi connectivity index (χ0) is 15.8. The summed E-state index contributed by atoms with van der Waals surface area (Å²) in [5, 5.41) is 0. The third-order valence-electron chi connectivity index (χ3n) is 3.65. The van der Waals surface area contributed by atoms with Gasteiger partial charge in [0.2, 0.25) is 10.0 Å². The Labute approximate surface area is 129 Å². The highest BCUT2D eigenvalue weighted by Gasteiger charge is 2.40. The molecule has 118 valence electrons. The van der Waals surface area contributed by atoms with Gasteiger partial charge in [0.1, 0.15) is 5.82 Å². The van der Waals surface area contributed by atoms with Gasteiger partial charge in [-0.25, -0.2) is 12.8 Å². The van der Waals surface area contributed by atoms with Gasteiger partial charge in [-0.2, -0.15) is 4.31 Å². The number of benzene rings is 1. The predicted molar refractivity (Wildman–Crippen MR) is 79.5 cm³/mol. The number of halogens is 2. The van der Waals surface area contributed by atoms with E-state index in [0.717, 1.165) is 0 Å². The smallest absolute Gasteiger partial charge is 0.244 e. The van der Waals surface area contributed by atoms with Crippen LogP contribution in [0.25, 0.3) is 0 Å². The molecule has 0 bridgehead atoms. The Bertz CT molecular complexity index is 646. The predicted octanol–water partition coefficient (Wildman–Crippen LogP) is 2.67. The highest BCUT2D eigenvalue weighted by Crippen LogP contribution is 2.30. The van der Waals surface area contributed by atoms with Gasteiger partial charge in [-0.1, -0.05) is 0 Å². The number of hydrogen-bond acceptors (Lipinski definition) is 3. The lowest BCUT2D eigenvalue weighted by molar-refractivity contribution is -0.00773. The number of ether oxygens (including phenoxy) is 1. The average molecular weight is 336 g/mol. The van der Waals surface area contributed by atoms with Crippen molar-refractivity contribution in [3.63, 3.8) is 0 Å². The van der Waals surface area contributed by atoms with Crippen LogP contribution in [0.3, 0.4) is 0 Å². The summed E-state index contributed by atoms with van der Waals surface area (Å²) in [7, 11) is -3.80. The van der Waals surface area contributed by atoms with Crippen molar-refractivity contribution in [2.45, 2.75) is 37.1 Å². The molecule has 1 aliphatic heterocycles. The first-order valence-electron chi connectivity index (χ1n) is 6.66. The molecule has 1 saturated heterocycles. The Balaban J connectivity index is 2.56. The number of rotatable bonds is 3. The van der Waals surface area contributed by atoms with Crippen molar-refractivity contribution in [3.05, 3.63) is 29.1 Å². The number of morpholine rings is 1. The van der Waals surface area contributed by atoms with Crippen molar-refractivity contribution in [2.24, 2.45) is 0 Å². The first-order chi connectivity index (χ1) is 9.70. The van der Waals surface area contributed by atoms with Gasteiger partial charge in [-0.15, -0.1) is 11.6 Å². The summed E-state index contributed by atoms with van der Waals surface area (Å²) in [6.07, 6.45) is 0. The third-order valence-corrected chi connectivity index (χ3v) is 6.19. The third kappa shape index (κ3) is 3.08. The molecule has 0 spiro atoms. The van der Waals surface area contributed by atoms with Crippen LogP contribution in [0.2, 0.25) is 0 Å². The summed E-state index contributed by atoms with van der Waals surface area (Å²) >= 11 is 5.72. The minimum absolute atomic E-state index is 0.0203. The molecule has 4 nitrogen and oxygen atoms in total. The second kappa shape index (κ2) is 5.83. The van der Waals surface area contributed by atoms with Crippen LogP contribution in [0.15, 0.2) is 17.0 Å². The second-order valence-corrected chi connectivity index (χ2v) is 7.87. The summed E-state index contributed by atoms with van der Waals surface area (Å²) < 4.78 is 46.5. The van der Waals surface area contributed by atoms with Crippen LogP contribution in [0.5, 0.6) is 0 Å². The highest BCUT2D eigenvalue weighted by atomic mass is 35.5. The molecule has 0 amide bonds. The monoisotopic (exact) mass is 335 g/mol. The van der Waals surface area contributed by atoms with Crippen molar-refractivity contribution in [3.8, 4) is 0 Å². The molecule has 0 radical (unpaired) electrons. The topological polar surface area (TPSA) is 46.6 Å². The van der Waals surface area contributed by atoms with Gasteiger partial charge < -0.3 is 4.74 Å². The molecule has 0 N–H and O–H groups in total. The van der Waals surface area contributed by atoms with Gasteiger partial charge in [-0.05, 0) is 38.5 Å². The van der Waals surface area contributed by atoms with E-state index in [9.17, 15) is 12.8 Å². The minimum atomic E-state index is -3.80. The Hall–Kier alpha value is -0.690. The van der Waals surface area contributed by atoms with Crippen molar-refractivity contribution in [2.75, 3.05) is 19.8 Å². The van der Waals surface area contributed by atoms with E-state index in [2.05, 4.69) is 0 Å². The van der Waals surface area contributed by atoms with E-state index < -0.39 is 21.4 Å². The molecule has 7 heteroatoms. The maximum absolute atomic E-state index is 14.0. The van der Waals surface area contributed by atoms with Crippen LogP contribution in [-0.2, 0) is 20.6 Å². The number of hydrogen-bond donors (Lipinski definition) is 0. The molecule has 1 aliphatic rings. The van der Waals surface area contributed by atoms with E-state index in [-0.39, 0.29) is 22.9 Å². The van der Waals surface area contributed by atoms with Gasteiger partial charge >= 0.3 is 0 Å². The molecule has 21 heavy (non-hydrogen) atoms. The second-order valence-electron chi connectivity index (χ2n) is 5.78. The number of alkyl halides is 1. The Morgan fingerprint density at radius 3 is 2.67 bits per heavy atom. The lowest BCUT2D eigenvalue weighted by atomic mass is 10.1. The number of sulfonamides is 1. The first-order valence-corrected chi connectivity index (χ1v) is 8.63. The van der Waals surface area contributed by atoms with Crippen LogP contribution in [-0.4, -0.2) is 38.0 Å². The first kappa shape index (κ1) is 16.7. The van der Waals surface area contributed by atoms with Gasteiger partial charge in [-0.3, -0.25) is 0 Å². The van der Waals surface area contributed by atoms with E-state index >= 15 is 0 Å². The fourth-order valence-electron chi connectivity index (χ4n) is 2.46. The maximum atomic E-state index is 14.0. The molecule has 1 aromatic carbocycles. The fraction of sp³-hybridized carbons (Fsp3) is 0.571. The summed E-state index contributed by atoms with van der Waals surface area (Å²) in [5.74, 6) is -0.496. The largest absolute Gasteiger partial charge is 0.378 e. The molecular formula is C14H19ClFNO3S. The van der Waals surface area contributed by atoms with Crippen molar-refractivity contribution in [1.29, 1.82) is 0 Å². The lowest BCUT2D eigenvalue weighted by Gasteiger charge is -2.41. The summed E-state index contributed by atoms with van der Waals surface area (Å²) in [5.41, 5.74) is -0.104. The Morgan fingerprint density at radius 1 is 1.43 bits per heavy atom. The molecule has 1 fully saturated rings. The van der Waals surface area contributed by atoms with Crippen LogP contribution >= 0.6 is 11.6 Å². The van der Waals surface area contributed by atoms with Crippen LogP contribution in [0, 0.1) is 12.7 Å². The van der Waals surface area contributed by atoms with Crippen LogP contribution < -0.4 is 0 Å². The normalized spacial score (nSPS) is 19.7. The lowest BCUT2D eigenvalue weighted by Crippen LogP contribution is -2.55. The molecule has 1 heterocycles. The summed E-state index contributed by atoms with van der Waals surface area (Å²) in [4.78, 5) is -0.0203. The average Bonchev–Trinajstić information content (AvgIpc) is 2.40. The zero-order valence-corrected chi connectivity index (χ0v) is 13.9. The Morgan fingerprint density at radius 2 is 2.10 bits per heavy atom. The van der Waals surface area contributed by atoms with Crippen molar-refractivity contribution >= 4 is 21.6 Å². The standard InChI is InChI=1S/C14H19ClFNO3S/c1-10-12(16)6-11(8-15)7-13(10)21(18,19)17-4-5-20-9-14(17,2)3/h6-7H,4-5,8-9H2,1-3H3. The van der Waals surface area contributed by atoms with Crippen molar-refractivity contribution in [1.82, 2.24) is 4.31 Å². The van der Waals surface area contributed by atoms with Gasteiger partial charge in [0.15, 0.2) is 0 Å². The Kier molecular flexibility index (Phi) is 4.63. The van der Waals surface area contributed by atoms with E-state index in [4.69, 9.17) is 16.3 Å². The fourth-order valence-corrected chi connectivity index (χ4v) is 4.66. The maximum Gasteiger partial charge on any atom is 0.244 e. The van der Waals surface area contributed by atoms with E-state index in [1.807, 2.05) is 0 Å². The molecule has 0 aromatic heterocycles.